The number of likely N-dealkylation sites (tertiary alicyclic amines) is 1. The lowest BCUT2D eigenvalue weighted by atomic mass is 9.92. The van der Waals surface area contributed by atoms with E-state index in [0.717, 1.165) is 37.7 Å². The van der Waals surface area contributed by atoms with Crippen LogP contribution in [0.1, 0.15) is 61.0 Å². The van der Waals surface area contributed by atoms with Crippen molar-refractivity contribution in [1.82, 2.24) is 10.2 Å². The van der Waals surface area contributed by atoms with Crippen LogP contribution < -0.4 is 10.0 Å². The van der Waals surface area contributed by atoms with Crippen LogP contribution in [-0.4, -0.2) is 43.8 Å². The molecular formula is C25H31N3O4S. The first-order valence-corrected chi connectivity index (χ1v) is 13.1. The largest absolute Gasteiger partial charge is 0.352 e. The standard InChI is InChI=1S/C25H31N3O4S/c1-17(2)26-24(29)23-11-6-14-28(23)25(30)20-9-5-10-21(15-20)27-33(31,32)22-13-12-18-7-3-4-8-19(18)16-22/h5,9-10,12-13,15-17,23,27H,3-4,6-8,11,14H2,1-2H3,(H,26,29). The van der Waals surface area contributed by atoms with Crippen molar-refractivity contribution in [2.24, 2.45) is 0 Å². The summed E-state index contributed by atoms with van der Waals surface area (Å²) in [5.74, 6) is -0.425. The van der Waals surface area contributed by atoms with Gasteiger partial charge in [0.1, 0.15) is 6.04 Å². The van der Waals surface area contributed by atoms with E-state index in [1.54, 1.807) is 35.2 Å². The predicted molar refractivity (Wildman–Crippen MR) is 128 cm³/mol. The first-order valence-electron chi connectivity index (χ1n) is 11.6. The van der Waals surface area contributed by atoms with Crippen molar-refractivity contribution >= 4 is 27.5 Å². The number of hydrogen-bond donors (Lipinski definition) is 2. The van der Waals surface area contributed by atoms with E-state index in [2.05, 4.69) is 10.0 Å². The SMILES string of the molecule is CC(C)NC(=O)C1CCCN1C(=O)c1cccc(NS(=O)(=O)c2ccc3c(c2)CCCC3)c1. The Balaban J connectivity index is 1.52. The minimum Gasteiger partial charge on any atom is -0.352 e. The lowest BCUT2D eigenvalue weighted by Gasteiger charge is -2.25. The monoisotopic (exact) mass is 469 g/mol. The third-order valence-corrected chi connectivity index (χ3v) is 7.62. The average Bonchev–Trinajstić information content (AvgIpc) is 3.28. The van der Waals surface area contributed by atoms with Gasteiger partial charge in [0.25, 0.3) is 15.9 Å². The Morgan fingerprint density at radius 1 is 1.00 bits per heavy atom. The summed E-state index contributed by atoms with van der Waals surface area (Å²) in [6.45, 7) is 4.27. The van der Waals surface area contributed by atoms with Crippen LogP contribution in [-0.2, 0) is 27.7 Å². The molecule has 176 valence electrons. The highest BCUT2D eigenvalue weighted by molar-refractivity contribution is 7.92. The fourth-order valence-corrected chi connectivity index (χ4v) is 5.74. The Labute approximate surface area is 195 Å². The second-order valence-corrected chi connectivity index (χ2v) is 10.8. The maximum atomic E-state index is 13.2. The van der Waals surface area contributed by atoms with E-state index in [0.29, 0.717) is 24.2 Å². The molecule has 0 spiro atoms. The Bertz CT molecular complexity index is 1160. The van der Waals surface area contributed by atoms with Crippen LogP contribution in [0, 0.1) is 0 Å². The van der Waals surface area contributed by atoms with Gasteiger partial charge in [-0.1, -0.05) is 12.1 Å². The Hall–Kier alpha value is -2.87. The van der Waals surface area contributed by atoms with E-state index in [1.807, 2.05) is 19.9 Å². The number of nitrogens with one attached hydrogen (secondary N) is 2. The molecule has 1 fully saturated rings. The fourth-order valence-electron chi connectivity index (χ4n) is 4.64. The smallest absolute Gasteiger partial charge is 0.261 e. The Kier molecular flexibility index (Phi) is 6.74. The van der Waals surface area contributed by atoms with Crippen LogP contribution >= 0.6 is 0 Å². The van der Waals surface area contributed by atoms with Crippen LogP contribution in [0.2, 0.25) is 0 Å². The van der Waals surface area contributed by atoms with Crippen molar-refractivity contribution in [3.63, 3.8) is 0 Å². The second-order valence-electron chi connectivity index (χ2n) is 9.14. The number of aryl methyl sites for hydroxylation is 2. The van der Waals surface area contributed by atoms with E-state index in [-0.39, 0.29) is 22.8 Å². The van der Waals surface area contributed by atoms with Gasteiger partial charge in [0, 0.05) is 23.8 Å². The molecule has 2 aliphatic rings. The summed E-state index contributed by atoms with van der Waals surface area (Å²) >= 11 is 0. The van der Waals surface area contributed by atoms with Crippen LogP contribution in [0.3, 0.4) is 0 Å². The van der Waals surface area contributed by atoms with Gasteiger partial charge in [-0.3, -0.25) is 14.3 Å². The lowest BCUT2D eigenvalue weighted by molar-refractivity contribution is -0.125. The molecule has 1 heterocycles. The topological polar surface area (TPSA) is 95.6 Å². The number of benzene rings is 2. The van der Waals surface area contributed by atoms with Crippen LogP contribution in [0.5, 0.6) is 0 Å². The van der Waals surface area contributed by atoms with E-state index in [9.17, 15) is 18.0 Å². The number of amides is 2. The number of carbonyl (C=O) groups is 2. The molecule has 2 N–H and O–H groups in total. The first kappa shape index (κ1) is 23.3. The number of rotatable bonds is 6. The quantitative estimate of drug-likeness (QED) is 0.677. The molecule has 1 aliphatic carbocycles. The number of anilines is 1. The molecule has 0 aromatic heterocycles. The summed E-state index contributed by atoms with van der Waals surface area (Å²) in [4.78, 5) is 27.5. The van der Waals surface area contributed by atoms with Crippen molar-refractivity contribution < 1.29 is 18.0 Å². The highest BCUT2D eigenvalue weighted by atomic mass is 32.2. The highest BCUT2D eigenvalue weighted by Gasteiger charge is 2.34. The molecule has 2 amide bonds. The molecule has 0 saturated carbocycles. The summed E-state index contributed by atoms with van der Waals surface area (Å²) in [6, 6.07) is 11.3. The van der Waals surface area contributed by atoms with Gasteiger partial charge >= 0.3 is 0 Å². The van der Waals surface area contributed by atoms with E-state index >= 15 is 0 Å². The molecule has 1 atom stereocenters. The van der Waals surface area contributed by atoms with Gasteiger partial charge in [-0.2, -0.15) is 0 Å². The number of fused-ring (bicyclic) bond motifs is 1. The van der Waals surface area contributed by atoms with Crippen molar-refractivity contribution in [2.75, 3.05) is 11.3 Å². The van der Waals surface area contributed by atoms with Gasteiger partial charge in [-0.15, -0.1) is 0 Å². The summed E-state index contributed by atoms with van der Waals surface area (Å²) in [6.07, 6.45) is 5.46. The van der Waals surface area contributed by atoms with Gasteiger partial charge in [0.15, 0.2) is 0 Å². The lowest BCUT2D eigenvalue weighted by Crippen LogP contribution is -2.47. The molecule has 4 rings (SSSR count). The molecule has 0 bridgehead atoms. The first-order chi connectivity index (χ1) is 15.7. The molecule has 1 aliphatic heterocycles. The van der Waals surface area contributed by atoms with Gasteiger partial charge < -0.3 is 10.2 Å². The molecule has 0 radical (unpaired) electrons. The number of carbonyl (C=O) groups excluding carboxylic acids is 2. The summed E-state index contributed by atoms with van der Waals surface area (Å²) in [5.41, 5.74) is 2.98. The molecule has 7 nitrogen and oxygen atoms in total. The third-order valence-electron chi connectivity index (χ3n) is 6.24. The summed E-state index contributed by atoms with van der Waals surface area (Å²) in [7, 11) is -3.79. The van der Waals surface area contributed by atoms with Gasteiger partial charge in [0.05, 0.1) is 4.90 Å². The van der Waals surface area contributed by atoms with E-state index < -0.39 is 16.1 Å². The van der Waals surface area contributed by atoms with Gasteiger partial charge in [-0.25, -0.2) is 8.42 Å². The highest BCUT2D eigenvalue weighted by Crippen LogP contribution is 2.26. The summed E-state index contributed by atoms with van der Waals surface area (Å²) in [5, 5.41) is 2.88. The number of nitrogens with zero attached hydrogens (tertiary/aromatic N) is 1. The zero-order valence-electron chi connectivity index (χ0n) is 19.1. The van der Waals surface area contributed by atoms with Crippen molar-refractivity contribution in [2.45, 2.75) is 69.4 Å². The molecule has 1 saturated heterocycles. The molecule has 8 heteroatoms. The van der Waals surface area contributed by atoms with E-state index in [4.69, 9.17) is 0 Å². The predicted octanol–water partition coefficient (Wildman–Crippen LogP) is 3.50. The van der Waals surface area contributed by atoms with Crippen LogP contribution in [0.25, 0.3) is 0 Å². The molecular weight excluding hydrogens is 438 g/mol. The van der Waals surface area contributed by atoms with Crippen molar-refractivity contribution in [3.05, 3.63) is 59.2 Å². The Morgan fingerprint density at radius 2 is 1.76 bits per heavy atom. The molecule has 33 heavy (non-hydrogen) atoms. The normalized spacial score (nSPS) is 18.2. The van der Waals surface area contributed by atoms with Crippen molar-refractivity contribution in [1.29, 1.82) is 0 Å². The summed E-state index contributed by atoms with van der Waals surface area (Å²) < 4.78 is 28.6. The minimum absolute atomic E-state index is 0.00335. The maximum absolute atomic E-state index is 13.2. The zero-order chi connectivity index (χ0) is 23.6. The third kappa shape index (κ3) is 5.21. The zero-order valence-corrected chi connectivity index (χ0v) is 20.0. The second kappa shape index (κ2) is 9.55. The maximum Gasteiger partial charge on any atom is 0.261 e. The van der Waals surface area contributed by atoms with E-state index in [1.165, 1.54) is 11.6 Å². The number of hydrogen-bond acceptors (Lipinski definition) is 4. The van der Waals surface area contributed by atoms with Gasteiger partial charge in [-0.05, 0) is 93.8 Å². The minimum atomic E-state index is -3.79. The Morgan fingerprint density at radius 3 is 2.52 bits per heavy atom. The molecule has 2 aromatic rings. The van der Waals surface area contributed by atoms with Crippen LogP contribution in [0.15, 0.2) is 47.4 Å². The molecule has 1 unspecified atom stereocenters. The molecule has 2 aromatic carbocycles. The average molecular weight is 470 g/mol. The van der Waals surface area contributed by atoms with Gasteiger partial charge in [0.2, 0.25) is 5.91 Å². The fraction of sp³-hybridized carbons (Fsp3) is 0.440. The number of sulfonamides is 1. The van der Waals surface area contributed by atoms with Crippen LogP contribution in [0.4, 0.5) is 5.69 Å². The van der Waals surface area contributed by atoms with Crippen molar-refractivity contribution in [3.8, 4) is 0 Å².